The molecule has 0 amide bonds. The lowest BCUT2D eigenvalue weighted by atomic mass is 10.3. The van der Waals surface area contributed by atoms with E-state index in [-0.39, 0.29) is 5.56 Å². The quantitative estimate of drug-likeness (QED) is 0.833. The SMILES string of the molecule is O=c1ccccn1Cc1cncc(Br)c1. The number of rotatable bonds is 2. The molecule has 0 N–H and O–H groups in total. The van der Waals surface area contributed by atoms with Crippen LogP contribution in [0.3, 0.4) is 0 Å². The summed E-state index contributed by atoms with van der Waals surface area (Å²) in [6.45, 7) is 0.548. The van der Waals surface area contributed by atoms with E-state index in [1.165, 1.54) is 0 Å². The third kappa shape index (κ3) is 2.53. The van der Waals surface area contributed by atoms with E-state index >= 15 is 0 Å². The van der Waals surface area contributed by atoms with Crippen LogP contribution in [0.1, 0.15) is 5.56 Å². The first-order chi connectivity index (χ1) is 7.25. The van der Waals surface area contributed by atoms with Gasteiger partial charge in [0.2, 0.25) is 0 Å². The zero-order valence-electron chi connectivity index (χ0n) is 7.93. The molecule has 15 heavy (non-hydrogen) atoms. The van der Waals surface area contributed by atoms with Crippen molar-refractivity contribution in [2.75, 3.05) is 0 Å². The van der Waals surface area contributed by atoms with E-state index in [2.05, 4.69) is 20.9 Å². The Kier molecular flexibility index (Phi) is 2.97. The zero-order valence-corrected chi connectivity index (χ0v) is 9.52. The molecule has 0 aromatic carbocycles. The van der Waals surface area contributed by atoms with Gasteiger partial charge in [-0.3, -0.25) is 9.78 Å². The standard InChI is InChI=1S/C11H9BrN2O/c12-10-5-9(6-13-7-10)8-14-4-2-1-3-11(14)15/h1-7H,8H2. The first-order valence-corrected chi connectivity index (χ1v) is 5.30. The van der Waals surface area contributed by atoms with Gasteiger partial charge in [-0.05, 0) is 33.6 Å². The molecule has 2 heterocycles. The number of halogens is 1. The highest BCUT2D eigenvalue weighted by molar-refractivity contribution is 9.10. The minimum Gasteiger partial charge on any atom is -0.311 e. The maximum Gasteiger partial charge on any atom is 0.250 e. The second-order valence-corrected chi connectivity index (χ2v) is 4.09. The number of pyridine rings is 2. The molecule has 3 nitrogen and oxygen atoms in total. The third-order valence-electron chi connectivity index (χ3n) is 2.01. The summed E-state index contributed by atoms with van der Waals surface area (Å²) < 4.78 is 2.56. The fourth-order valence-electron chi connectivity index (χ4n) is 1.33. The van der Waals surface area contributed by atoms with Crippen molar-refractivity contribution < 1.29 is 0 Å². The molecule has 2 aromatic heterocycles. The second kappa shape index (κ2) is 4.40. The molecule has 2 rings (SSSR count). The first-order valence-electron chi connectivity index (χ1n) is 4.50. The van der Waals surface area contributed by atoms with Gasteiger partial charge in [0, 0.05) is 29.1 Å². The van der Waals surface area contributed by atoms with Crippen LogP contribution in [0.25, 0.3) is 0 Å². The van der Waals surface area contributed by atoms with E-state index in [1.54, 1.807) is 35.3 Å². The lowest BCUT2D eigenvalue weighted by Crippen LogP contribution is -2.18. The van der Waals surface area contributed by atoms with Gasteiger partial charge in [0.1, 0.15) is 0 Å². The maximum absolute atomic E-state index is 11.4. The molecule has 76 valence electrons. The fraction of sp³-hybridized carbons (Fsp3) is 0.0909. The van der Waals surface area contributed by atoms with Crippen molar-refractivity contribution in [1.29, 1.82) is 0 Å². The van der Waals surface area contributed by atoms with Crippen molar-refractivity contribution in [3.8, 4) is 0 Å². The fourth-order valence-corrected chi connectivity index (χ4v) is 1.74. The lowest BCUT2D eigenvalue weighted by Gasteiger charge is -2.04. The lowest BCUT2D eigenvalue weighted by molar-refractivity contribution is 0.756. The Morgan fingerprint density at radius 2 is 2.20 bits per heavy atom. The average Bonchev–Trinajstić information content (AvgIpc) is 2.22. The number of aromatic nitrogens is 2. The molecule has 0 fully saturated rings. The van der Waals surface area contributed by atoms with Crippen LogP contribution >= 0.6 is 15.9 Å². The van der Waals surface area contributed by atoms with Gasteiger partial charge < -0.3 is 4.57 Å². The Labute approximate surface area is 95.5 Å². The topological polar surface area (TPSA) is 34.9 Å². The van der Waals surface area contributed by atoms with Gasteiger partial charge in [0.15, 0.2) is 0 Å². The molecule has 0 saturated heterocycles. The van der Waals surface area contributed by atoms with Gasteiger partial charge >= 0.3 is 0 Å². The van der Waals surface area contributed by atoms with Gasteiger partial charge in [0.25, 0.3) is 5.56 Å². The van der Waals surface area contributed by atoms with E-state index in [0.29, 0.717) is 6.54 Å². The monoisotopic (exact) mass is 264 g/mol. The zero-order chi connectivity index (χ0) is 10.7. The normalized spacial score (nSPS) is 10.2. The Hall–Kier alpha value is -1.42. The molecule has 0 saturated carbocycles. The number of hydrogen-bond donors (Lipinski definition) is 0. The summed E-state index contributed by atoms with van der Waals surface area (Å²) in [5, 5.41) is 0. The smallest absolute Gasteiger partial charge is 0.250 e. The van der Waals surface area contributed by atoms with Crippen LogP contribution in [0.2, 0.25) is 0 Å². The van der Waals surface area contributed by atoms with E-state index in [9.17, 15) is 4.79 Å². The predicted molar refractivity (Wildman–Crippen MR) is 61.7 cm³/mol. The summed E-state index contributed by atoms with van der Waals surface area (Å²) in [5.41, 5.74) is 0.996. The number of hydrogen-bond acceptors (Lipinski definition) is 2. The molecule has 0 atom stereocenters. The van der Waals surface area contributed by atoms with Crippen LogP contribution in [-0.2, 0) is 6.54 Å². The molecule has 0 unspecified atom stereocenters. The van der Waals surface area contributed by atoms with Crippen molar-refractivity contribution in [1.82, 2.24) is 9.55 Å². The summed E-state index contributed by atoms with van der Waals surface area (Å²) in [7, 11) is 0. The van der Waals surface area contributed by atoms with E-state index < -0.39 is 0 Å². The molecule has 4 heteroatoms. The minimum absolute atomic E-state index is 0.00234. The summed E-state index contributed by atoms with van der Waals surface area (Å²) in [4.78, 5) is 15.5. The highest BCUT2D eigenvalue weighted by atomic mass is 79.9. The van der Waals surface area contributed by atoms with E-state index in [4.69, 9.17) is 0 Å². The minimum atomic E-state index is -0.00234. The van der Waals surface area contributed by atoms with Crippen molar-refractivity contribution in [3.05, 3.63) is 63.2 Å². The van der Waals surface area contributed by atoms with Crippen LogP contribution in [0.15, 0.2) is 52.1 Å². The van der Waals surface area contributed by atoms with E-state index in [0.717, 1.165) is 10.0 Å². The van der Waals surface area contributed by atoms with Crippen LogP contribution < -0.4 is 5.56 Å². The molecule has 0 spiro atoms. The van der Waals surface area contributed by atoms with Crippen molar-refractivity contribution in [2.45, 2.75) is 6.54 Å². The molecular formula is C11H9BrN2O. The molecule has 0 aliphatic carbocycles. The van der Waals surface area contributed by atoms with Crippen molar-refractivity contribution >= 4 is 15.9 Å². The second-order valence-electron chi connectivity index (χ2n) is 3.18. The van der Waals surface area contributed by atoms with Crippen LogP contribution in [0, 0.1) is 0 Å². The highest BCUT2D eigenvalue weighted by Gasteiger charge is 1.97. The highest BCUT2D eigenvalue weighted by Crippen LogP contribution is 2.09. The number of nitrogens with zero attached hydrogens (tertiary/aromatic N) is 2. The summed E-state index contributed by atoms with van der Waals surface area (Å²) in [6.07, 6.45) is 5.24. The third-order valence-corrected chi connectivity index (χ3v) is 2.45. The Morgan fingerprint density at radius 3 is 2.93 bits per heavy atom. The summed E-state index contributed by atoms with van der Waals surface area (Å²) >= 11 is 3.34. The maximum atomic E-state index is 11.4. The van der Waals surface area contributed by atoms with Crippen LogP contribution in [-0.4, -0.2) is 9.55 Å². The van der Waals surface area contributed by atoms with Crippen LogP contribution in [0.4, 0.5) is 0 Å². The van der Waals surface area contributed by atoms with Gasteiger partial charge in [-0.15, -0.1) is 0 Å². The van der Waals surface area contributed by atoms with Gasteiger partial charge in [0.05, 0.1) is 6.54 Å². The Bertz CT molecular complexity index is 522. The van der Waals surface area contributed by atoms with Gasteiger partial charge in [-0.2, -0.15) is 0 Å². The molecular weight excluding hydrogens is 256 g/mol. The van der Waals surface area contributed by atoms with Gasteiger partial charge in [-0.25, -0.2) is 0 Å². The Balaban J connectivity index is 2.30. The Morgan fingerprint density at radius 1 is 1.33 bits per heavy atom. The predicted octanol–water partition coefficient (Wildman–Crippen LogP) is 2.05. The summed E-state index contributed by atoms with van der Waals surface area (Å²) in [6, 6.07) is 7.07. The molecule has 0 bridgehead atoms. The molecule has 0 aliphatic rings. The molecule has 2 aromatic rings. The molecule has 0 aliphatic heterocycles. The van der Waals surface area contributed by atoms with Crippen LogP contribution in [0.5, 0.6) is 0 Å². The largest absolute Gasteiger partial charge is 0.311 e. The van der Waals surface area contributed by atoms with Crippen molar-refractivity contribution in [2.24, 2.45) is 0 Å². The average molecular weight is 265 g/mol. The van der Waals surface area contributed by atoms with Gasteiger partial charge in [-0.1, -0.05) is 6.07 Å². The summed E-state index contributed by atoms with van der Waals surface area (Å²) in [5.74, 6) is 0. The van der Waals surface area contributed by atoms with Crippen molar-refractivity contribution in [3.63, 3.8) is 0 Å². The van der Waals surface area contributed by atoms with E-state index in [1.807, 2.05) is 12.1 Å². The molecule has 0 radical (unpaired) electrons. The first kappa shape index (κ1) is 10.1.